The van der Waals surface area contributed by atoms with Gasteiger partial charge in [-0.15, -0.1) is 11.3 Å². The van der Waals surface area contributed by atoms with Crippen LogP contribution in [0.1, 0.15) is 12.0 Å². The van der Waals surface area contributed by atoms with Gasteiger partial charge in [0.1, 0.15) is 11.1 Å². The lowest BCUT2D eigenvalue weighted by molar-refractivity contribution is -0.146. The highest BCUT2D eigenvalue weighted by Gasteiger charge is 2.51. The largest absolute Gasteiger partial charge is 0.481 e. The predicted molar refractivity (Wildman–Crippen MR) is 73.0 cm³/mol. The molecule has 1 aromatic heterocycles. The summed E-state index contributed by atoms with van der Waals surface area (Å²) >= 11 is 1.27. The average molecular weight is 288 g/mol. The molecule has 0 spiro atoms. The smallest absolute Gasteiger partial charge is 0.307 e. The van der Waals surface area contributed by atoms with Crippen molar-refractivity contribution in [1.82, 2.24) is 0 Å². The lowest BCUT2D eigenvalue weighted by Crippen LogP contribution is -2.36. The van der Waals surface area contributed by atoms with Crippen molar-refractivity contribution in [3.63, 3.8) is 0 Å². The number of fused-ring (bicyclic) bond motifs is 2. The summed E-state index contributed by atoms with van der Waals surface area (Å²) < 4.78 is 0. The van der Waals surface area contributed by atoms with E-state index in [0.717, 1.165) is 6.42 Å². The summed E-state index contributed by atoms with van der Waals surface area (Å²) in [5.74, 6) is -2.48. The molecule has 0 aromatic carbocycles. The minimum absolute atomic E-state index is 0.00778. The number of carbonyl (C=O) groups is 2. The summed E-state index contributed by atoms with van der Waals surface area (Å²) in [5, 5.41) is 23.2. The number of rotatable bonds is 3. The number of anilines is 1. The Hall–Kier alpha value is -2.13. The average Bonchev–Trinajstić information content (AvgIpc) is 3.12. The molecule has 1 saturated carbocycles. The molecule has 1 heterocycles. The number of carboxylic acid groups (broad SMARTS) is 1. The second-order valence-electron chi connectivity index (χ2n) is 5.10. The molecule has 4 atom stereocenters. The first-order valence-corrected chi connectivity index (χ1v) is 7.19. The Morgan fingerprint density at radius 1 is 1.35 bits per heavy atom. The maximum Gasteiger partial charge on any atom is 0.307 e. The van der Waals surface area contributed by atoms with E-state index in [-0.39, 0.29) is 17.7 Å². The van der Waals surface area contributed by atoms with E-state index in [2.05, 4.69) is 5.32 Å². The van der Waals surface area contributed by atoms with Gasteiger partial charge in [0.2, 0.25) is 5.91 Å². The van der Waals surface area contributed by atoms with Gasteiger partial charge in [-0.3, -0.25) is 9.59 Å². The summed E-state index contributed by atoms with van der Waals surface area (Å²) in [4.78, 5) is 23.7. The van der Waals surface area contributed by atoms with Gasteiger partial charge >= 0.3 is 5.97 Å². The molecule has 1 fully saturated rings. The van der Waals surface area contributed by atoms with E-state index >= 15 is 0 Å². The van der Waals surface area contributed by atoms with Gasteiger partial charge in [-0.1, -0.05) is 12.2 Å². The quantitative estimate of drug-likeness (QED) is 0.833. The Morgan fingerprint density at radius 3 is 2.70 bits per heavy atom. The molecule has 2 N–H and O–H groups in total. The molecule has 0 radical (unpaired) electrons. The van der Waals surface area contributed by atoms with Gasteiger partial charge < -0.3 is 10.4 Å². The number of nitrogens with one attached hydrogen (secondary N) is 1. The van der Waals surface area contributed by atoms with Crippen LogP contribution in [0.3, 0.4) is 0 Å². The lowest BCUT2D eigenvalue weighted by Gasteiger charge is -2.23. The summed E-state index contributed by atoms with van der Waals surface area (Å²) in [6.07, 6.45) is 4.57. The first-order chi connectivity index (χ1) is 9.61. The molecule has 102 valence electrons. The molecule has 20 heavy (non-hydrogen) atoms. The van der Waals surface area contributed by atoms with Crippen molar-refractivity contribution < 1.29 is 14.7 Å². The van der Waals surface area contributed by atoms with Crippen LogP contribution in [0.25, 0.3) is 0 Å². The second kappa shape index (κ2) is 4.76. The molecule has 2 aliphatic carbocycles. The maximum absolute atomic E-state index is 12.4. The van der Waals surface area contributed by atoms with Crippen LogP contribution in [-0.4, -0.2) is 17.0 Å². The van der Waals surface area contributed by atoms with Crippen molar-refractivity contribution in [3.8, 4) is 6.07 Å². The van der Waals surface area contributed by atoms with Crippen molar-refractivity contribution in [2.24, 2.45) is 23.7 Å². The van der Waals surface area contributed by atoms with E-state index in [1.165, 1.54) is 11.3 Å². The molecule has 0 aliphatic heterocycles. The fourth-order valence-corrected chi connectivity index (χ4v) is 3.95. The zero-order valence-corrected chi connectivity index (χ0v) is 11.3. The number of thiophene rings is 1. The SMILES string of the molecule is N#Cc1ccsc1NC(=O)[C@H]1[C@H](C(=O)O)[C@@H]2C=C[C@H]1C2. The highest BCUT2D eigenvalue weighted by atomic mass is 32.1. The Labute approximate surface area is 119 Å². The molecule has 0 unspecified atom stereocenters. The monoisotopic (exact) mass is 288 g/mol. The highest BCUT2D eigenvalue weighted by molar-refractivity contribution is 7.14. The third kappa shape index (κ3) is 1.91. The number of nitrogens with zero attached hydrogens (tertiary/aromatic N) is 1. The molecule has 2 bridgehead atoms. The topological polar surface area (TPSA) is 90.2 Å². The van der Waals surface area contributed by atoms with E-state index in [4.69, 9.17) is 5.26 Å². The molecule has 6 heteroatoms. The number of aliphatic carboxylic acids is 1. The van der Waals surface area contributed by atoms with Gasteiger partial charge in [-0.25, -0.2) is 0 Å². The van der Waals surface area contributed by atoms with E-state index in [1.54, 1.807) is 11.4 Å². The molecular weight excluding hydrogens is 276 g/mol. The number of amides is 1. The van der Waals surface area contributed by atoms with Crippen LogP contribution in [0.15, 0.2) is 23.6 Å². The number of hydrogen-bond acceptors (Lipinski definition) is 4. The van der Waals surface area contributed by atoms with Gasteiger partial charge in [0, 0.05) is 0 Å². The number of hydrogen-bond donors (Lipinski definition) is 2. The van der Waals surface area contributed by atoms with E-state index in [1.807, 2.05) is 18.2 Å². The number of carbonyl (C=O) groups excluding carboxylic acids is 1. The Balaban J connectivity index is 1.82. The van der Waals surface area contributed by atoms with Crippen LogP contribution in [0, 0.1) is 35.0 Å². The summed E-state index contributed by atoms with van der Waals surface area (Å²) in [6.45, 7) is 0. The van der Waals surface area contributed by atoms with Gasteiger partial charge in [-0.05, 0) is 29.7 Å². The fourth-order valence-electron chi connectivity index (χ4n) is 3.21. The molecule has 1 aromatic rings. The second-order valence-corrected chi connectivity index (χ2v) is 6.02. The fraction of sp³-hybridized carbons (Fsp3) is 0.357. The predicted octanol–water partition coefficient (Wildman–Crippen LogP) is 2.08. The minimum Gasteiger partial charge on any atom is -0.481 e. The van der Waals surface area contributed by atoms with Crippen molar-refractivity contribution in [3.05, 3.63) is 29.2 Å². The molecule has 3 rings (SSSR count). The third-order valence-electron chi connectivity index (χ3n) is 4.07. The zero-order chi connectivity index (χ0) is 14.3. The van der Waals surface area contributed by atoms with E-state index < -0.39 is 17.8 Å². The Morgan fingerprint density at radius 2 is 2.05 bits per heavy atom. The summed E-state index contributed by atoms with van der Waals surface area (Å²) in [5.41, 5.74) is 0.411. The van der Waals surface area contributed by atoms with Crippen molar-refractivity contribution in [2.45, 2.75) is 6.42 Å². The standard InChI is InChI=1S/C14H12N2O3S/c15-6-9-3-4-20-13(9)16-12(17)10-7-1-2-8(5-7)11(10)14(18)19/h1-4,7-8,10-11H,5H2,(H,16,17)(H,18,19)/t7-,8+,10+,11+/m0/s1. The zero-order valence-electron chi connectivity index (χ0n) is 10.4. The van der Waals surface area contributed by atoms with Crippen LogP contribution in [0.5, 0.6) is 0 Å². The van der Waals surface area contributed by atoms with Gasteiger partial charge in [0.05, 0.1) is 17.4 Å². The van der Waals surface area contributed by atoms with Crippen LogP contribution in [0.2, 0.25) is 0 Å². The van der Waals surface area contributed by atoms with Crippen LogP contribution in [0.4, 0.5) is 5.00 Å². The van der Waals surface area contributed by atoms with Gasteiger partial charge in [-0.2, -0.15) is 5.26 Å². The Kier molecular flexibility index (Phi) is 3.07. The molecule has 1 amide bonds. The van der Waals surface area contributed by atoms with Crippen molar-refractivity contribution >= 4 is 28.2 Å². The van der Waals surface area contributed by atoms with E-state index in [0.29, 0.717) is 10.6 Å². The third-order valence-corrected chi connectivity index (χ3v) is 4.90. The first kappa shape index (κ1) is 12.9. The van der Waals surface area contributed by atoms with Crippen LogP contribution < -0.4 is 5.32 Å². The Bertz CT molecular complexity index is 643. The van der Waals surface area contributed by atoms with Crippen LogP contribution >= 0.6 is 11.3 Å². The van der Waals surface area contributed by atoms with Crippen molar-refractivity contribution in [2.75, 3.05) is 5.32 Å². The van der Waals surface area contributed by atoms with Crippen LogP contribution in [-0.2, 0) is 9.59 Å². The normalized spacial score (nSPS) is 30.1. The molecule has 0 saturated heterocycles. The van der Waals surface area contributed by atoms with Gasteiger partial charge in [0.15, 0.2) is 0 Å². The lowest BCUT2D eigenvalue weighted by atomic mass is 9.82. The summed E-state index contributed by atoms with van der Waals surface area (Å²) in [6, 6.07) is 3.64. The maximum atomic E-state index is 12.4. The number of allylic oxidation sites excluding steroid dienone is 2. The molecular formula is C14H12N2O3S. The molecule has 2 aliphatic rings. The number of nitriles is 1. The highest BCUT2D eigenvalue weighted by Crippen LogP contribution is 2.48. The van der Waals surface area contributed by atoms with Gasteiger partial charge in [0.25, 0.3) is 0 Å². The van der Waals surface area contributed by atoms with Crippen molar-refractivity contribution in [1.29, 1.82) is 5.26 Å². The van der Waals surface area contributed by atoms with E-state index in [9.17, 15) is 14.7 Å². The summed E-state index contributed by atoms with van der Waals surface area (Å²) in [7, 11) is 0. The molecule has 5 nitrogen and oxygen atoms in total. The first-order valence-electron chi connectivity index (χ1n) is 6.31. The number of carboxylic acids is 1. The minimum atomic E-state index is -0.923.